The van der Waals surface area contributed by atoms with Crippen molar-refractivity contribution in [3.63, 3.8) is 0 Å². The Bertz CT molecular complexity index is 276. The van der Waals surface area contributed by atoms with Gasteiger partial charge in [-0.2, -0.15) is 0 Å². The minimum Gasteiger partial charge on any atom is -0.466 e. The summed E-state index contributed by atoms with van der Waals surface area (Å²) in [4.78, 5) is 23.0. The van der Waals surface area contributed by atoms with Gasteiger partial charge < -0.3 is 9.47 Å². The third-order valence-corrected chi connectivity index (χ3v) is 3.32. The summed E-state index contributed by atoms with van der Waals surface area (Å²) < 4.78 is 10.4. The first-order chi connectivity index (χ1) is 10.1. The zero-order valence-corrected chi connectivity index (χ0v) is 14.0. The van der Waals surface area contributed by atoms with E-state index in [0.29, 0.717) is 25.9 Å². The fraction of sp³-hybridized carbons (Fsp3) is 0.882. The van der Waals surface area contributed by atoms with Gasteiger partial charge in [0.2, 0.25) is 0 Å². The molecule has 21 heavy (non-hydrogen) atoms. The van der Waals surface area contributed by atoms with E-state index in [1.165, 1.54) is 12.8 Å². The summed E-state index contributed by atoms with van der Waals surface area (Å²) in [5, 5.41) is 0. The number of hydrogen-bond acceptors (Lipinski definition) is 4. The molecule has 1 atom stereocenters. The molecule has 124 valence electrons. The van der Waals surface area contributed by atoms with Gasteiger partial charge in [0.25, 0.3) is 0 Å². The molecule has 1 unspecified atom stereocenters. The molecule has 4 nitrogen and oxygen atoms in total. The van der Waals surface area contributed by atoms with Crippen molar-refractivity contribution in [2.45, 2.75) is 91.1 Å². The second-order valence-electron chi connectivity index (χ2n) is 5.58. The Balaban J connectivity index is 3.50. The Hall–Kier alpha value is -1.06. The average molecular weight is 300 g/mol. The maximum atomic E-state index is 11.6. The van der Waals surface area contributed by atoms with Crippen molar-refractivity contribution in [1.82, 2.24) is 0 Å². The molecule has 0 fully saturated rings. The zero-order chi connectivity index (χ0) is 15.9. The Morgan fingerprint density at radius 1 is 0.857 bits per heavy atom. The van der Waals surface area contributed by atoms with Crippen molar-refractivity contribution >= 4 is 11.9 Å². The summed E-state index contributed by atoms with van der Waals surface area (Å²) in [6.07, 6.45) is 8.53. The summed E-state index contributed by atoms with van der Waals surface area (Å²) in [6.45, 7) is 6.67. The summed E-state index contributed by atoms with van der Waals surface area (Å²) in [5.41, 5.74) is 0. The monoisotopic (exact) mass is 300 g/mol. The molecule has 0 aromatic heterocycles. The van der Waals surface area contributed by atoms with Crippen molar-refractivity contribution in [3.8, 4) is 0 Å². The molecule has 0 radical (unpaired) electrons. The minimum atomic E-state index is -0.214. The van der Waals surface area contributed by atoms with Gasteiger partial charge >= 0.3 is 11.9 Å². The van der Waals surface area contributed by atoms with Gasteiger partial charge in [0, 0.05) is 12.8 Å². The fourth-order valence-electron chi connectivity index (χ4n) is 2.00. The number of esters is 2. The lowest BCUT2D eigenvalue weighted by atomic mass is 10.2. The standard InChI is InChI=1S/C17H32O4/c1-4-6-8-9-14-20-16(18)12-10-13-17(19)21-15(3)11-7-5-2/h15H,4-14H2,1-3H3. The van der Waals surface area contributed by atoms with Crippen LogP contribution in [0.15, 0.2) is 0 Å². The molecule has 0 aliphatic heterocycles. The van der Waals surface area contributed by atoms with Crippen LogP contribution in [-0.4, -0.2) is 24.6 Å². The highest BCUT2D eigenvalue weighted by atomic mass is 16.5. The Labute approximate surface area is 129 Å². The van der Waals surface area contributed by atoms with Gasteiger partial charge in [0.1, 0.15) is 0 Å². The van der Waals surface area contributed by atoms with Crippen LogP contribution >= 0.6 is 0 Å². The number of rotatable bonds is 13. The lowest BCUT2D eigenvalue weighted by Gasteiger charge is -2.12. The van der Waals surface area contributed by atoms with E-state index >= 15 is 0 Å². The topological polar surface area (TPSA) is 52.6 Å². The number of carbonyl (C=O) groups excluding carboxylic acids is 2. The molecule has 0 spiro atoms. The SMILES string of the molecule is CCCCCCOC(=O)CCCC(=O)OC(C)CCCC. The number of hydrogen-bond donors (Lipinski definition) is 0. The van der Waals surface area contributed by atoms with Gasteiger partial charge in [-0.05, 0) is 26.2 Å². The van der Waals surface area contributed by atoms with Crippen LogP contribution < -0.4 is 0 Å². The van der Waals surface area contributed by atoms with E-state index < -0.39 is 0 Å². The molecule has 0 rings (SSSR count). The summed E-state index contributed by atoms with van der Waals surface area (Å²) >= 11 is 0. The molecule has 0 aliphatic carbocycles. The predicted molar refractivity (Wildman–Crippen MR) is 84.0 cm³/mol. The lowest BCUT2D eigenvalue weighted by Crippen LogP contribution is -2.15. The van der Waals surface area contributed by atoms with E-state index in [-0.39, 0.29) is 18.0 Å². The number of unbranched alkanes of at least 4 members (excludes halogenated alkanes) is 4. The predicted octanol–water partition coefficient (Wildman–Crippen LogP) is 4.40. The quantitative estimate of drug-likeness (QED) is 0.373. The van der Waals surface area contributed by atoms with E-state index in [9.17, 15) is 9.59 Å². The molecule has 0 saturated heterocycles. The van der Waals surface area contributed by atoms with Gasteiger partial charge in [-0.3, -0.25) is 9.59 Å². The second kappa shape index (κ2) is 13.9. The molecule has 0 N–H and O–H groups in total. The maximum Gasteiger partial charge on any atom is 0.306 e. The van der Waals surface area contributed by atoms with Crippen LogP contribution in [0.4, 0.5) is 0 Å². The average Bonchev–Trinajstić information content (AvgIpc) is 2.44. The van der Waals surface area contributed by atoms with Crippen LogP contribution in [0, 0.1) is 0 Å². The van der Waals surface area contributed by atoms with Crippen LogP contribution in [0.3, 0.4) is 0 Å². The normalized spacial score (nSPS) is 12.0. The van der Waals surface area contributed by atoms with Crippen LogP contribution in [0.25, 0.3) is 0 Å². The lowest BCUT2D eigenvalue weighted by molar-refractivity contribution is -0.149. The van der Waals surface area contributed by atoms with Crippen molar-refractivity contribution < 1.29 is 19.1 Å². The van der Waals surface area contributed by atoms with Crippen LogP contribution in [-0.2, 0) is 19.1 Å². The van der Waals surface area contributed by atoms with Crippen molar-refractivity contribution in [2.75, 3.05) is 6.61 Å². The first-order valence-corrected chi connectivity index (χ1v) is 8.45. The van der Waals surface area contributed by atoms with E-state index in [1.54, 1.807) is 0 Å². The summed E-state index contributed by atoms with van der Waals surface area (Å²) in [6, 6.07) is 0. The van der Waals surface area contributed by atoms with Crippen LogP contribution in [0.5, 0.6) is 0 Å². The molecule has 0 heterocycles. The molecule has 0 amide bonds. The molecule has 0 saturated carbocycles. The highest BCUT2D eigenvalue weighted by Crippen LogP contribution is 2.07. The smallest absolute Gasteiger partial charge is 0.306 e. The first-order valence-electron chi connectivity index (χ1n) is 8.45. The van der Waals surface area contributed by atoms with E-state index in [0.717, 1.165) is 32.1 Å². The summed E-state index contributed by atoms with van der Waals surface area (Å²) in [7, 11) is 0. The Morgan fingerprint density at radius 3 is 2.19 bits per heavy atom. The minimum absolute atomic E-state index is 0.0250. The molecular weight excluding hydrogens is 268 g/mol. The molecule has 0 aromatic rings. The van der Waals surface area contributed by atoms with Gasteiger partial charge in [-0.1, -0.05) is 46.0 Å². The molecule has 0 bridgehead atoms. The van der Waals surface area contributed by atoms with Crippen molar-refractivity contribution in [3.05, 3.63) is 0 Å². The Morgan fingerprint density at radius 2 is 1.52 bits per heavy atom. The largest absolute Gasteiger partial charge is 0.466 e. The molecule has 4 heteroatoms. The third-order valence-electron chi connectivity index (χ3n) is 3.32. The highest BCUT2D eigenvalue weighted by molar-refractivity contribution is 5.72. The van der Waals surface area contributed by atoms with E-state index in [4.69, 9.17) is 9.47 Å². The van der Waals surface area contributed by atoms with Crippen LogP contribution in [0.2, 0.25) is 0 Å². The third kappa shape index (κ3) is 13.7. The van der Waals surface area contributed by atoms with E-state index in [2.05, 4.69) is 13.8 Å². The maximum absolute atomic E-state index is 11.6. The van der Waals surface area contributed by atoms with Crippen molar-refractivity contribution in [1.29, 1.82) is 0 Å². The number of carbonyl (C=O) groups is 2. The van der Waals surface area contributed by atoms with E-state index in [1.807, 2.05) is 6.92 Å². The first kappa shape index (κ1) is 19.9. The molecule has 0 aromatic carbocycles. The molecular formula is C17H32O4. The van der Waals surface area contributed by atoms with Gasteiger partial charge in [0.05, 0.1) is 12.7 Å². The highest BCUT2D eigenvalue weighted by Gasteiger charge is 2.10. The van der Waals surface area contributed by atoms with Gasteiger partial charge in [-0.25, -0.2) is 0 Å². The number of ether oxygens (including phenoxy) is 2. The zero-order valence-electron chi connectivity index (χ0n) is 14.0. The Kier molecular flexibility index (Phi) is 13.2. The molecule has 0 aliphatic rings. The van der Waals surface area contributed by atoms with Gasteiger partial charge in [0.15, 0.2) is 0 Å². The van der Waals surface area contributed by atoms with Crippen LogP contribution in [0.1, 0.15) is 85.0 Å². The van der Waals surface area contributed by atoms with Crippen molar-refractivity contribution in [2.24, 2.45) is 0 Å². The van der Waals surface area contributed by atoms with Gasteiger partial charge in [-0.15, -0.1) is 0 Å². The fourth-order valence-corrected chi connectivity index (χ4v) is 2.00. The summed E-state index contributed by atoms with van der Waals surface area (Å²) in [5.74, 6) is -0.423. The second-order valence-corrected chi connectivity index (χ2v) is 5.58.